The first-order valence-corrected chi connectivity index (χ1v) is 12.8. The lowest BCUT2D eigenvalue weighted by atomic mass is 9.95. The van der Waals surface area contributed by atoms with Crippen LogP contribution in [0.3, 0.4) is 0 Å². The number of urea groups is 1. The number of nitrogens with one attached hydrogen (secondary N) is 3. The zero-order valence-electron chi connectivity index (χ0n) is 21.8. The van der Waals surface area contributed by atoms with Crippen molar-refractivity contribution in [3.8, 4) is 0 Å². The summed E-state index contributed by atoms with van der Waals surface area (Å²) in [7, 11) is 1.70. The van der Waals surface area contributed by atoms with Gasteiger partial charge in [0, 0.05) is 45.8 Å². The molecular weight excluding hydrogens is 468 g/mol. The van der Waals surface area contributed by atoms with Crippen LogP contribution < -0.4 is 15.1 Å². The third-order valence-electron chi connectivity index (χ3n) is 7.08. The van der Waals surface area contributed by atoms with Crippen LogP contribution >= 0.6 is 0 Å². The first-order valence-electron chi connectivity index (χ1n) is 12.8. The van der Waals surface area contributed by atoms with E-state index in [-0.39, 0.29) is 31.2 Å². The summed E-state index contributed by atoms with van der Waals surface area (Å²) in [5, 5.41) is 18.8. The standard InChI is InChI=1S/C27H36N8O2.H2/c1-19(2)35(18-28)25(29)23-5-4-6-24(31-23)34-16-15-33(27(34)37)22-9-7-20(8-10-22)17-32-13-11-21(12-14-32)26(36)30-3;/h4-10,18-19,21,28-29H,11-17H2,1-3H3,(H,30,36);1H. The Balaban J connectivity index is 0.00000400. The molecule has 0 unspecified atom stereocenters. The molecule has 37 heavy (non-hydrogen) atoms. The molecule has 0 saturated carbocycles. The summed E-state index contributed by atoms with van der Waals surface area (Å²) in [6.07, 6.45) is 2.88. The van der Waals surface area contributed by atoms with Gasteiger partial charge in [0.1, 0.15) is 11.5 Å². The molecule has 1 aromatic heterocycles. The van der Waals surface area contributed by atoms with Gasteiger partial charge in [0.05, 0.1) is 6.34 Å². The highest BCUT2D eigenvalue weighted by atomic mass is 16.2. The van der Waals surface area contributed by atoms with E-state index in [1.165, 1.54) is 10.5 Å². The second kappa shape index (κ2) is 11.5. The number of likely N-dealkylation sites (tertiary alicyclic amines) is 1. The van der Waals surface area contributed by atoms with E-state index in [1.54, 1.807) is 35.0 Å². The maximum atomic E-state index is 13.3. The fourth-order valence-corrected chi connectivity index (χ4v) is 4.90. The van der Waals surface area contributed by atoms with Crippen molar-refractivity contribution in [2.24, 2.45) is 5.92 Å². The van der Waals surface area contributed by atoms with Crippen molar-refractivity contribution in [1.82, 2.24) is 20.1 Å². The second-order valence-corrected chi connectivity index (χ2v) is 9.78. The average Bonchev–Trinajstić information content (AvgIpc) is 3.30. The molecule has 198 valence electrons. The largest absolute Gasteiger partial charge is 0.359 e. The molecule has 2 fully saturated rings. The first kappa shape index (κ1) is 26.3. The van der Waals surface area contributed by atoms with Gasteiger partial charge in [0.15, 0.2) is 5.84 Å². The van der Waals surface area contributed by atoms with E-state index in [1.807, 2.05) is 26.0 Å². The third kappa shape index (κ3) is 5.80. The van der Waals surface area contributed by atoms with Gasteiger partial charge in [-0.25, -0.2) is 9.78 Å². The minimum atomic E-state index is -0.145. The van der Waals surface area contributed by atoms with Crippen LogP contribution in [0.2, 0.25) is 0 Å². The van der Waals surface area contributed by atoms with E-state index in [9.17, 15) is 9.59 Å². The predicted molar refractivity (Wildman–Crippen MR) is 148 cm³/mol. The molecule has 0 spiro atoms. The van der Waals surface area contributed by atoms with E-state index >= 15 is 0 Å². The summed E-state index contributed by atoms with van der Waals surface area (Å²) in [6, 6.07) is 13.2. The van der Waals surface area contributed by atoms with Gasteiger partial charge in [0.2, 0.25) is 5.91 Å². The highest BCUT2D eigenvalue weighted by Crippen LogP contribution is 2.26. The zero-order chi connectivity index (χ0) is 26.5. The number of amidine groups is 1. The summed E-state index contributed by atoms with van der Waals surface area (Å²) in [5.74, 6) is 0.875. The van der Waals surface area contributed by atoms with Gasteiger partial charge in [-0.2, -0.15) is 0 Å². The molecule has 0 bridgehead atoms. The maximum Gasteiger partial charge on any atom is 0.330 e. The smallest absolute Gasteiger partial charge is 0.330 e. The first-order chi connectivity index (χ1) is 17.8. The molecule has 10 heteroatoms. The van der Waals surface area contributed by atoms with Gasteiger partial charge in [-0.15, -0.1) is 0 Å². The monoisotopic (exact) mass is 506 g/mol. The van der Waals surface area contributed by atoms with Gasteiger partial charge in [-0.1, -0.05) is 18.2 Å². The number of carbonyl (C=O) groups excluding carboxylic acids is 2. The molecule has 2 aromatic rings. The van der Waals surface area contributed by atoms with Crippen molar-refractivity contribution in [3.63, 3.8) is 0 Å². The molecule has 0 radical (unpaired) electrons. The van der Waals surface area contributed by atoms with Gasteiger partial charge < -0.3 is 10.2 Å². The van der Waals surface area contributed by atoms with Gasteiger partial charge in [-0.05, 0) is 69.6 Å². The number of piperidine rings is 1. The number of aromatic nitrogens is 1. The van der Waals surface area contributed by atoms with Crippen molar-refractivity contribution in [1.29, 1.82) is 10.8 Å². The molecule has 0 aliphatic carbocycles. The minimum absolute atomic E-state index is 0. The zero-order valence-corrected chi connectivity index (χ0v) is 21.8. The third-order valence-corrected chi connectivity index (χ3v) is 7.08. The number of benzene rings is 1. The highest BCUT2D eigenvalue weighted by molar-refractivity contribution is 6.06. The van der Waals surface area contributed by atoms with Crippen LogP contribution in [-0.4, -0.2) is 78.2 Å². The van der Waals surface area contributed by atoms with Crippen LogP contribution in [0.15, 0.2) is 42.5 Å². The molecule has 4 rings (SSSR count). The van der Waals surface area contributed by atoms with Crippen LogP contribution in [0.1, 0.15) is 39.4 Å². The number of carbonyl (C=O) groups is 2. The van der Waals surface area contributed by atoms with Crippen LogP contribution in [0.25, 0.3) is 0 Å². The molecule has 2 saturated heterocycles. The number of nitrogens with zero attached hydrogens (tertiary/aromatic N) is 5. The average molecular weight is 507 g/mol. The molecule has 2 aliphatic heterocycles. The molecule has 10 nitrogen and oxygen atoms in total. The number of anilines is 2. The van der Waals surface area contributed by atoms with Crippen LogP contribution in [0.4, 0.5) is 16.3 Å². The Morgan fingerprint density at radius 2 is 1.81 bits per heavy atom. The summed E-state index contributed by atoms with van der Waals surface area (Å²) < 4.78 is 0. The number of hydrogen-bond donors (Lipinski definition) is 3. The number of pyridine rings is 1. The predicted octanol–water partition coefficient (Wildman–Crippen LogP) is 3.38. The van der Waals surface area contributed by atoms with Crippen LogP contribution in [0, 0.1) is 16.7 Å². The molecule has 1 aromatic carbocycles. The lowest BCUT2D eigenvalue weighted by Gasteiger charge is -2.31. The SMILES string of the molecule is CNC(=O)C1CCN(Cc2ccc(N3CCN(c4cccc(C(=N)N(C=N)C(C)C)n4)C3=O)cc2)CC1.[HH]. The van der Waals surface area contributed by atoms with Crippen molar-refractivity contribution in [2.75, 3.05) is 43.0 Å². The summed E-state index contributed by atoms with van der Waals surface area (Å²) in [4.78, 5) is 37.0. The fraction of sp³-hybridized carbons (Fsp3) is 0.444. The Morgan fingerprint density at radius 3 is 2.43 bits per heavy atom. The second-order valence-electron chi connectivity index (χ2n) is 9.78. The normalized spacial score (nSPS) is 16.8. The van der Waals surface area contributed by atoms with E-state index in [0.717, 1.165) is 44.5 Å². The highest BCUT2D eigenvalue weighted by Gasteiger charge is 2.32. The van der Waals surface area contributed by atoms with E-state index < -0.39 is 0 Å². The van der Waals surface area contributed by atoms with Crippen molar-refractivity contribution < 1.29 is 11.0 Å². The Labute approximate surface area is 219 Å². The van der Waals surface area contributed by atoms with Crippen LogP contribution in [-0.2, 0) is 11.3 Å². The lowest BCUT2D eigenvalue weighted by molar-refractivity contribution is -0.125. The summed E-state index contributed by atoms with van der Waals surface area (Å²) >= 11 is 0. The number of hydrogen-bond acceptors (Lipinski definition) is 6. The summed E-state index contributed by atoms with van der Waals surface area (Å²) in [6.45, 7) is 7.50. The summed E-state index contributed by atoms with van der Waals surface area (Å²) in [5.41, 5.74) is 2.44. The van der Waals surface area contributed by atoms with Crippen molar-refractivity contribution >= 4 is 35.6 Å². The minimum Gasteiger partial charge on any atom is -0.359 e. The maximum absolute atomic E-state index is 13.3. The Bertz CT molecular complexity index is 1150. The number of amides is 3. The molecule has 2 aliphatic rings. The molecule has 3 amide bonds. The topological polar surface area (TPSA) is 120 Å². The fourth-order valence-electron chi connectivity index (χ4n) is 4.90. The van der Waals surface area contributed by atoms with Gasteiger partial charge >= 0.3 is 6.03 Å². The van der Waals surface area contributed by atoms with E-state index in [4.69, 9.17) is 10.8 Å². The van der Waals surface area contributed by atoms with Gasteiger partial charge in [-0.3, -0.25) is 30.3 Å². The quantitative estimate of drug-likeness (QED) is 0.375. The van der Waals surface area contributed by atoms with E-state index in [0.29, 0.717) is 24.6 Å². The van der Waals surface area contributed by atoms with Gasteiger partial charge in [0.25, 0.3) is 0 Å². The lowest BCUT2D eigenvalue weighted by Crippen LogP contribution is -2.39. The molecule has 3 heterocycles. The Hall–Kier alpha value is -3.79. The Morgan fingerprint density at radius 1 is 1.14 bits per heavy atom. The number of rotatable bonds is 8. The Kier molecular flexibility index (Phi) is 8.17. The van der Waals surface area contributed by atoms with E-state index in [2.05, 4.69) is 27.3 Å². The molecule has 3 N–H and O–H groups in total. The van der Waals surface area contributed by atoms with Crippen molar-refractivity contribution in [2.45, 2.75) is 39.3 Å². The van der Waals surface area contributed by atoms with Crippen LogP contribution in [0.5, 0.6) is 0 Å². The molecular formula is C27H38N8O2. The van der Waals surface area contributed by atoms with Crippen molar-refractivity contribution in [3.05, 3.63) is 53.7 Å². The molecule has 0 atom stereocenters.